The fourth-order valence-electron chi connectivity index (χ4n) is 7.89. The van der Waals surface area contributed by atoms with Crippen molar-refractivity contribution in [3.63, 3.8) is 0 Å². The van der Waals surface area contributed by atoms with Gasteiger partial charge in [0.2, 0.25) is 5.91 Å². The molecule has 2 amide bonds. The highest BCUT2D eigenvalue weighted by Gasteiger charge is 2.51. The highest BCUT2D eigenvalue weighted by Crippen LogP contribution is 2.40. The Kier molecular flexibility index (Phi) is 14.7. The summed E-state index contributed by atoms with van der Waals surface area (Å²) in [5, 5.41) is 19.1. The van der Waals surface area contributed by atoms with E-state index in [1.807, 2.05) is 19.9 Å². The SMILES string of the molecule is COC(=O)C1CCC(O[Si](c2ccccc2)(c2ccccc2)C(C)(C)C)CC1.Cc1cc(CC(=O)Nc2cc(C3CCC(OC(=O)NC(C)C)CC3)[nH]n2)on1. The molecule has 0 unspecified atom stereocenters. The molecule has 0 spiro atoms. The number of aromatic amines is 1. The maximum Gasteiger partial charge on any atom is 0.407 e. The van der Waals surface area contributed by atoms with Crippen LogP contribution in [0, 0.1) is 12.8 Å². The van der Waals surface area contributed by atoms with E-state index in [2.05, 4.69) is 107 Å². The predicted octanol–water partition coefficient (Wildman–Crippen LogP) is 7.34. The average molecular weight is 786 g/mol. The number of H-pyrrole nitrogens is 1. The van der Waals surface area contributed by atoms with Gasteiger partial charge >= 0.3 is 12.1 Å². The Morgan fingerprint density at radius 3 is 1.98 bits per heavy atom. The third-order valence-corrected chi connectivity index (χ3v) is 15.7. The number of aryl methyl sites for hydroxylation is 1. The molecule has 2 aromatic carbocycles. The number of carbonyl (C=O) groups is 3. The first-order valence-corrected chi connectivity index (χ1v) is 21.8. The van der Waals surface area contributed by atoms with Crippen LogP contribution in [-0.4, -0.2) is 67.0 Å². The summed E-state index contributed by atoms with van der Waals surface area (Å²) in [6, 6.07) is 25.2. The molecule has 302 valence electrons. The molecule has 0 radical (unpaired) electrons. The lowest BCUT2D eigenvalue weighted by Crippen LogP contribution is -2.67. The fourth-order valence-corrected chi connectivity index (χ4v) is 12.6. The van der Waals surface area contributed by atoms with Gasteiger partial charge in [0.15, 0.2) is 5.82 Å². The molecule has 0 saturated heterocycles. The molecule has 13 heteroatoms. The van der Waals surface area contributed by atoms with Gasteiger partial charge in [0.1, 0.15) is 11.9 Å². The number of nitrogens with zero attached hydrogens (tertiary/aromatic N) is 2. The molecule has 3 N–H and O–H groups in total. The van der Waals surface area contributed by atoms with E-state index in [1.54, 1.807) is 13.0 Å². The maximum absolute atomic E-state index is 12.1. The number of alkyl carbamates (subject to hydrolysis) is 1. The molecule has 0 bridgehead atoms. The second-order valence-electron chi connectivity index (χ2n) is 16.3. The zero-order valence-electron chi connectivity index (χ0n) is 33.9. The smallest absolute Gasteiger partial charge is 0.407 e. The number of benzene rings is 2. The van der Waals surface area contributed by atoms with E-state index in [0.717, 1.165) is 62.8 Å². The molecule has 2 heterocycles. The highest BCUT2D eigenvalue weighted by atomic mass is 28.4. The van der Waals surface area contributed by atoms with Crippen molar-refractivity contribution in [3.8, 4) is 0 Å². The van der Waals surface area contributed by atoms with E-state index < -0.39 is 8.32 Å². The largest absolute Gasteiger partial charge is 0.469 e. The second kappa shape index (κ2) is 19.4. The van der Waals surface area contributed by atoms with E-state index in [-0.39, 0.29) is 53.6 Å². The molecule has 0 atom stereocenters. The van der Waals surface area contributed by atoms with Gasteiger partial charge in [0.05, 0.1) is 25.1 Å². The van der Waals surface area contributed by atoms with Gasteiger partial charge in [-0.25, -0.2) is 4.79 Å². The number of nitrogens with one attached hydrogen (secondary N) is 3. The Labute approximate surface area is 332 Å². The first-order chi connectivity index (χ1) is 26.8. The Morgan fingerprint density at radius 2 is 1.46 bits per heavy atom. The van der Waals surface area contributed by atoms with Gasteiger partial charge in [-0.15, -0.1) is 0 Å². The van der Waals surface area contributed by atoms with Crippen LogP contribution in [0.4, 0.5) is 10.6 Å². The van der Waals surface area contributed by atoms with Crippen LogP contribution in [0.1, 0.15) is 109 Å². The molecule has 2 aliphatic rings. The zero-order valence-corrected chi connectivity index (χ0v) is 34.9. The first-order valence-electron chi connectivity index (χ1n) is 19.9. The number of rotatable bonds is 11. The van der Waals surface area contributed by atoms with E-state index in [1.165, 1.54) is 17.5 Å². The minimum absolute atomic E-state index is 0.0176. The Bertz CT molecular complexity index is 1800. The number of carbonyl (C=O) groups excluding carboxylic acids is 3. The third-order valence-electron chi connectivity index (χ3n) is 10.6. The van der Waals surface area contributed by atoms with Gasteiger partial charge in [-0.2, -0.15) is 5.10 Å². The molecule has 2 aromatic heterocycles. The van der Waals surface area contributed by atoms with E-state index in [9.17, 15) is 14.4 Å². The van der Waals surface area contributed by atoms with E-state index in [0.29, 0.717) is 17.5 Å². The van der Waals surface area contributed by atoms with Gasteiger partial charge in [0.25, 0.3) is 8.32 Å². The fraction of sp³-hybridized carbons (Fsp3) is 0.512. The van der Waals surface area contributed by atoms with Crippen molar-refractivity contribution in [2.24, 2.45) is 5.92 Å². The van der Waals surface area contributed by atoms with Crippen LogP contribution in [0.3, 0.4) is 0 Å². The molecule has 0 aliphatic heterocycles. The van der Waals surface area contributed by atoms with Crippen molar-refractivity contribution in [1.82, 2.24) is 20.7 Å². The van der Waals surface area contributed by atoms with Crippen LogP contribution in [0.2, 0.25) is 5.04 Å². The van der Waals surface area contributed by atoms with Crippen LogP contribution >= 0.6 is 0 Å². The number of anilines is 1. The molecular formula is C43H59N5O7Si. The number of ether oxygens (including phenoxy) is 2. The Hall–Kier alpha value is -4.75. The zero-order chi connectivity index (χ0) is 40.3. The van der Waals surface area contributed by atoms with Crippen LogP contribution in [0.5, 0.6) is 0 Å². The van der Waals surface area contributed by atoms with Crippen LogP contribution in [-0.2, 0) is 29.9 Å². The number of hydrogen-bond acceptors (Lipinski definition) is 9. The van der Waals surface area contributed by atoms with Gasteiger partial charge < -0.3 is 29.1 Å². The lowest BCUT2D eigenvalue weighted by Gasteiger charge is -2.46. The lowest BCUT2D eigenvalue weighted by atomic mass is 9.85. The van der Waals surface area contributed by atoms with Crippen LogP contribution < -0.4 is 21.0 Å². The van der Waals surface area contributed by atoms with Crippen molar-refractivity contribution in [1.29, 1.82) is 0 Å². The lowest BCUT2D eigenvalue weighted by molar-refractivity contribution is -0.147. The molecule has 12 nitrogen and oxygen atoms in total. The molecule has 6 rings (SSSR count). The van der Waals surface area contributed by atoms with Crippen molar-refractivity contribution in [2.75, 3.05) is 12.4 Å². The normalized spacial score (nSPS) is 20.0. The number of methoxy groups -OCH3 is 1. The summed E-state index contributed by atoms with van der Waals surface area (Å²) in [5.41, 5.74) is 1.72. The molecule has 2 aliphatic carbocycles. The number of hydrogen-bond donors (Lipinski definition) is 3. The minimum atomic E-state index is -2.51. The molecule has 56 heavy (non-hydrogen) atoms. The summed E-state index contributed by atoms with van der Waals surface area (Å²) < 4.78 is 22.6. The average Bonchev–Trinajstić information content (AvgIpc) is 3.82. The Balaban J connectivity index is 0.000000214. The van der Waals surface area contributed by atoms with Crippen molar-refractivity contribution in [3.05, 3.63) is 89.9 Å². The summed E-state index contributed by atoms with van der Waals surface area (Å²) in [4.78, 5) is 35.7. The quantitative estimate of drug-likeness (QED) is 0.105. The summed E-state index contributed by atoms with van der Waals surface area (Å²) in [6.07, 6.45) is 6.79. The Morgan fingerprint density at radius 1 is 0.875 bits per heavy atom. The minimum Gasteiger partial charge on any atom is -0.469 e. The highest BCUT2D eigenvalue weighted by molar-refractivity contribution is 6.99. The van der Waals surface area contributed by atoms with E-state index >= 15 is 0 Å². The molecule has 4 aromatic rings. The van der Waals surface area contributed by atoms with Crippen molar-refractivity contribution >= 4 is 42.5 Å². The van der Waals surface area contributed by atoms with Crippen LogP contribution in [0.25, 0.3) is 0 Å². The molecule has 2 saturated carbocycles. The van der Waals surface area contributed by atoms with Gasteiger partial charge in [0, 0.05) is 35.9 Å². The van der Waals surface area contributed by atoms with Crippen LogP contribution in [0.15, 0.2) is 77.3 Å². The number of aromatic nitrogens is 3. The third kappa shape index (κ3) is 11.2. The molecular weight excluding hydrogens is 727 g/mol. The first kappa shape index (κ1) is 42.4. The number of amides is 2. The van der Waals surface area contributed by atoms with E-state index in [4.69, 9.17) is 18.4 Å². The van der Waals surface area contributed by atoms with Crippen molar-refractivity contribution < 1.29 is 32.8 Å². The monoisotopic (exact) mass is 785 g/mol. The summed E-state index contributed by atoms with van der Waals surface area (Å²) in [6.45, 7) is 12.5. The summed E-state index contributed by atoms with van der Waals surface area (Å²) >= 11 is 0. The van der Waals surface area contributed by atoms with Gasteiger partial charge in [-0.05, 0) is 87.5 Å². The van der Waals surface area contributed by atoms with Gasteiger partial charge in [-0.1, -0.05) is 86.6 Å². The second-order valence-corrected chi connectivity index (χ2v) is 20.6. The predicted molar refractivity (Wildman–Crippen MR) is 218 cm³/mol. The topological polar surface area (TPSA) is 158 Å². The number of esters is 1. The van der Waals surface area contributed by atoms with Crippen molar-refractivity contribution in [2.45, 2.75) is 129 Å². The summed E-state index contributed by atoms with van der Waals surface area (Å²) in [5.74, 6) is 1.05. The maximum atomic E-state index is 12.1. The standard InChI is InChI=1S/C24H32O3Si.C19H27N5O4/c1-24(2,3)28(21-11-7-5-8-12-21,22-13-9-6-10-14-22)27-20-17-15-19(16-18-20)23(25)26-4;1-11(2)20-19(26)27-14-6-4-13(5-7-14)16-10-17(23-22-16)21-18(25)9-15-8-12(3)24-28-15/h5-14,19-20H,15-18H2,1-4H3;8,10-11,13-14H,4-7,9H2,1-3H3,(H,20,26)(H2,21,22,23,25). The van der Waals surface area contributed by atoms with Gasteiger partial charge in [-0.3, -0.25) is 14.7 Å². The molecule has 2 fully saturated rings. The summed E-state index contributed by atoms with van der Waals surface area (Å²) in [7, 11) is -1.03.